The van der Waals surface area contributed by atoms with Gasteiger partial charge in [-0.15, -0.1) is 0 Å². The van der Waals surface area contributed by atoms with Crippen molar-refractivity contribution in [3.8, 4) is 0 Å². The van der Waals surface area contributed by atoms with Gasteiger partial charge in [-0.3, -0.25) is 4.90 Å². The number of ether oxygens (including phenoxy) is 1. The Hall–Kier alpha value is -0.680. The van der Waals surface area contributed by atoms with Gasteiger partial charge in [0.1, 0.15) is 5.82 Å². The lowest BCUT2D eigenvalue weighted by Gasteiger charge is -2.34. The molecular weight excluding hydrogens is 267 g/mol. The second-order valence-electron chi connectivity index (χ2n) is 4.74. The van der Waals surface area contributed by atoms with Crippen LogP contribution in [0.5, 0.6) is 0 Å². The van der Waals surface area contributed by atoms with E-state index < -0.39 is 0 Å². The number of hydrogen-bond acceptors (Lipinski definition) is 3. The van der Waals surface area contributed by atoms with Gasteiger partial charge >= 0.3 is 0 Å². The number of nitrogens with zero attached hydrogens (tertiary/aromatic N) is 1. The first-order valence-corrected chi connectivity index (χ1v) is 6.78. The lowest BCUT2D eigenvalue weighted by molar-refractivity contribution is 0.0979. The summed E-state index contributed by atoms with van der Waals surface area (Å²) in [6.45, 7) is 5.98. The smallest absolute Gasteiger partial charge is 0.124 e. The molecule has 19 heavy (non-hydrogen) atoms. The number of rotatable bonds is 7. The summed E-state index contributed by atoms with van der Waals surface area (Å²) in [4.78, 5) is 2.21. The van der Waals surface area contributed by atoms with Gasteiger partial charge in [0, 0.05) is 37.3 Å². The van der Waals surface area contributed by atoms with Crippen molar-refractivity contribution in [1.82, 2.24) is 4.90 Å². The zero-order valence-corrected chi connectivity index (χ0v) is 12.5. The number of methoxy groups -OCH3 is 1. The van der Waals surface area contributed by atoms with E-state index in [0.29, 0.717) is 24.2 Å². The zero-order valence-electron chi connectivity index (χ0n) is 11.7. The largest absolute Gasteiger partial charge is 0.383 e. The molecule has 1 unspecified atom stereocenters. The van der Waals surface area contributed by atoms with Crippen LogP contribution >= 0.6 is 11.6 Å². The molecule has 5 heteroatoms. The molecule has 3 nitrogen and oxygen atoms in total. The van der Waals surface area contributed by atoms with Crippen LogP contribution in [0.25, 0.3) is 0 Å². The first-order valence-electron chi connectivity index (χ1n) is 6.41. The number of hydrogen-bond donors (Lipinski definition) is 1. The fraction of sp³-hybridized carbons (Fsp3) is 0.571. The van der Waals surface area contributed by atoms with Crippen molar-refractivity contribution < 1.29 is 9.13 Å². The van der Waals surface area contributed by atoms with Crippen LogP contribution in [-0.2, 0) is 4.74 Å². The van der Waals surface area contributed by atoms with Gasteiger partial charge in [-0.25, -0.2) is 4.39 Å². The fourth-order valence-electron chi connectivity index (χ4n) is 2.18. The Morgan fingerprint density at radius 3 is 2.58 bits per heavy atom. The first kappa shape index (κ1) is 16.4. The van der Waals surface area contributed by atoms with Crippen molar-refractivity contribution in [2.24, 2.45) is 5.73 Å². The molecule has 0 heterocycles. The standard InChI is InChI=1S/C14H22ClFN2O/c1-10(2)18(6-7-19-3)14(9-17)12-5-4-11(16)8-13(12)15/h4-5,8,10,14H,6-7,9,17H2,1-3H3. The minimum absolute atomic E-state index is 0.0387. The van der Waals surface area contributed by atoms with E-state index in [2.05, 4.69) is 18.7 Å². The molecule has 0 saturated carbocycles. The Kier molecular flexibility index (Phi) is 6.72. The Morgan fingerprint density at radius 1 is 1.42 bits per heavy atom. The molecule has 0 aromatic heterocycles. The van der Waals surface area contributed by atoms with Crippen LogP contribution in [0.2, 0.25) is 5.02 Å². The SMILES string of the molecule is COCCN(C(C)C)C(CN)c1ccc(F)cc1Cl. The molecule has 1 aromatic rings. The summed E-state index contributed by atoms with van der Waals surface area (Å²) in [6.07, 6.45) is 0. The fourth-order valence-corrected chi connectivity index (χ4v) is 2.48. The molecule has 0 amide bonds. The van der Waals surface area contributed by atoms with Crippen molar-refractivity contribution in [3.63, 3.8) is 0 Å². The second-order valence-corrected chi connectivity index (χ2v) is 5.15. The molecule has 0 aliphatic rings. The summed E-state index contributed by atoms with van der Waals surface area (Å²) in [5.74, 6) is -0.336. The van der Waals surface area contributed by atoms with Gasteiger partial charge in [-0.05, 0) is 31.5 Å². The Morgan fingerprint density at radius 2 is 2.11 bits per heavy atom. The number of benzene rings is 1. The predicted octanol–water partition coefficient (Wildman–Crippen LogP) is 2.84. The van der Waals surface area contributed by atoms with Gasteiger partial charge < -0.3 is 10.5 Å². The highest BCUT2D eigenvalue weighted by atomic mass is 35.5. The quantitative estimate of drug-likeness (QED) is 0.838. The van der Waals surface area contributed by atoms with E-state index in [9.17, 15) is 4.39 Å². The van der Waals surface area contributed by atoms with Crippen LogP contribution in [0.15, 0.2) is 18.2 Å². The third-order valence-electron chi connectivity index (χ3n) is 3.16. The summed E-state index contributed by atoms with van der Waals surface area (Å²) in [6, 6.07) is 4.71. The van der Waals surface area contributed by atoms with Crippen LogP contribution in [0.3, 0.4) is 0 Å². The third-order valence-corrected chi connectivity index (χ3v) is 3.49. The van der Waals surface area contributed by atoms with E-state index in [4.69, 9.17) is 22.1 Å². The summed E-state index contributed by atoms with van der Waals surface area (Å²) in [5, 5.41) is 0.415. The second kappa shape index (κ2) is 7.80. The molecule has 2 N–H and O–H groups in total. The van der Waals surface area contributed by atoms with Crippen LogP contribution < -0.4 is 5.73 Å². The van der Waals surface area contributed by atoms with Gasteiger partial charge in [0.25, 0.3) is 0 Å². The molecule has 0 aliphatic heterocycles. The van der Waals surface area contributed by atoms with E-state index in [1.54, 1.807) is 13.2 Å². The van der Waals surface area contributed by atoms with Crippen molar-refractivity contribution in [1.29, 1.82) is 0 Å². The van der Waals surface area contributed by atoms with E-state index >= 15 is 0 Å². The third kappa shape index (κ3) is 4.42. The molecular formula is C14H22ClFN2O. The summed E-state index contributed by atoms with van der Waals surface area (Å²) < 4.78 is 18.3. The maximum Gasteiger partial charge on any atom is 0.124 e. The van der Waals surface area contributed by atoms with Crippen LogP contribution in [0, 0.1) is 5.82 Å². The van der Waals surface area contributed by atoms with Gasteiger partial charge in [0.15, 0.2) is 0 Å². The molecule has 0 radical (unpaired) electrons. The number of nitrogens with two attached hydrogens (primary N) is 1. The average Bonchev–Trinajstić information content (AvgIpc) is 2.35. The molecule has 0 aliphatic carbocycles. The van der Waals surface area contributed by atoms with E-state index in [1.807, 2.05) is 0 Å². The molecule has 0 spiro atoms. The van der Waals surface area contributed by atoms with Gasteiger partial charge in [0.2, 0.25) is 0 Å². The van der Waals surface area contributed by atoms with Gasteiger partial charge in [0.05, 0.1) is 6.61 Å². The highest BCUT2D eigenvalue weighted by molar-refractivity contribution is 6.31. The maximum absolute atomic E-state index is 13.1. The lowest BCUT2D eigenvalue weighted by Crippen LogP contribution is -2.40. The summed E-state index contributed by atoms with van der Waals surface area (Å²) in [7, 11) is 1.67. The molecule has 108 valence electrons. The molecule has 1 aromatic carbocycles. The summed E-state index contributed by atoms with van der Waals surface area (Å²) >= 11 is 6.13. The minimum atomic E-state index is -0.336. The lowest BCUT2D eigenvalue weighted by atomic mass is 10.0. The van der Waals surface area contributed by atoms with E-state index in [-0.39, 0.29) is 11.9 Å². The van der Waals surface area contributed by atoms with Crippen molar-refractivity contribution in [2.75, 3.05) is 26.8 Å². The van der Waals surface area contributed by atoms with Crippen LogP contribution in [0.1, 0.15) is 25.5 Å². The van der Waals surface area contributed by atoms with Crippen molar-refractivity contribution in [2.45, 2.75) is 25.9 Å². The van der Waals surface area contributed by atoms with Crippen molar-refractivity contribution >= 4 is 11.6 Å². The molecule has 1 atom stereocenters. The first-order chi connectivity index (χ1) is 9.01. The normalized spacial score (nSPS) is 13.3. The maximum atomic E-state index is 13.1. The average molecular weight is 289 g/mol. The van der Waals surface area contributed by atoms with Crippen LogP contribution in [-0.4, -0.2) is 37.7 Å². The Balaban J connectivity index is 3.01. The highest BCUT2D eigenvalue weighted by Gasteiger charge is 2.23. The molecule has 0 saturated heterocycles. The molecule has 0 bridgehead atoms. The number of halogens is 2. The van der Waals surface area contributed by atoms with Gasteiger partial charge in [-0.1, -0.05) is 17.7 Å². The Bertz CT molecular complexity index is 401. The van der Waals surface area contributed by atoms with Crippen LogP contribution in [0.4, 0.5) is 4.39 Å². The monoisotopic (exact) mass is 288 g/mol. The minimum Gasteiger partial charge on any atom is -0.383 e. The summed E-state index contributed by atoms with van der Waals surface area (Å²) in [5.41, 5.74) is 6.74. The van der Waals surface area contributed by atoms with Gasteiger partial charge in [-0.2, -0.15) is 0 Å². The highest BCUT2D eigenvalue weighted by Crippen LogP contribution is 2.28. The van der Waals surface area contributed by atoms with E-state index in [0.717, 1.165) is 12.1 Å². The molecule has 0 fully saturated rings. The molecule has 1 rings (SSSR count). The van der Waals surface area contributed by atoms with Crippen molar-refractivity contribution in [3.05, 3.63) is 34.6 Å². The Labute approximate surface area is 119 Å². The zero-order chi connectivity index (χ0) is 14.4. The van der Waals surface area contributed by atoms with E-state index in [1.165, 1.54) is 12.1 Å². The predicted molar refractivity (Wildman–Crippen MR) is 76.9 cm³/mol. The topological polar surface area (TPSA) is 38.5 Å².